The van der Waals surface area contributed by atoms with Crippen LogP contribution >= 0.6 is 23.2 Å². The maximum atomic E-state index is 11.2. The lowest BCUT2D eigenvalue weighted by Gasteiger charge is -2.06. The van der Waals surface area contributed by atoms with Crippen LogP contribution in [0.15, 0.2) is 24.4 Å². The molecule has 1 heterocycles. The molecule has 1 aromatic heterocycles. The van der Waals surface area contributed by atoms with E-state index in [1.165, 1.54) is 0 Å². The Morgan fingerprint density at radius 2 is 2.22 bits per heavy atom. The summed E-state index contributed by atoms with van der Waals surface area (Å²) in [6.45, 7) is 0.459. The molecular formula is C11H11Cl2N3O2. The molecule has 0 amide bonds. The van der Waals surface area contributed by atoms with Crippen molar-refractivity contribution in [2.75, 3.05) is 0 Å². The number of carbonyl (C=O) groups excluding carboxylic acids is 1. The molecule has 2 aromatic rings. The van der Waals surface area contributed by atoms with E-state index in [-0.39, 0.29) is 6.42 Å². The molecule has 1 aromatic carbocycles. The SMILES string of the molecule is NNOC(=O)CCn1ccc2c(Cl)cc(Cl)cc21. The van der Waals surface area contributed by atoms with Crippen LogP contribution in [0.5, 0.6) is 0 Å². The minimum absolute atomic E-state index is 0.193. The lowest BCUT2D eigenvalue weighted by Crippen LogP contribution is -2.26. The van der Waals surface area contributed by atoms with E-state index in [0.29, 0.717) is 16.6 Å². The predicted octanol–water partition coefficient (Wildman–Crippen LogP) is 2.26. The second-order valence-electron chi connectivity index (χ2n) is 3.67. The summed E-state index contributed by atoms with van der Waals surface area (Å²) in [4.78, 5) is 15.6. The summed E-state index contributed by atoms with van der Waals surface area (Å²) in [7, 11) is 0. The molecule has 0 atom stereocenters. The van der Waals surface area contributed by atoms with Crippen molar-refractivity contribution in [3.05, 3.63) is 34.4 Å². The molecule has 0 aliphatic rings. The standard InChI is InChI=1S/C11H11Cl2N3O2/c12-7-5-9(13)8-1-3-16(10(8)6-7)4-2-11(17)18-15-14/h1,3,5-6,15H,2,4,14H2. The number of aromatic nitrogens is 1. The Morgan fingerprint density at radius 1 is 1.44 bits per heavy atom. The number of aryl methyl sites for hydroxylation is 1. The fourth-order valence-electron chi connectivity index (χ4n) is 1.74. The van der Waals surface area contributed by atoms with Gasteiger partial charge >= 0.3 is 5.97 Å². The number of nitrogens with zero attached hydrogens (tertiary/aromatic N) is 1. The van der Waals surface area contributed by atoms with Gasteiger partial charge in [-0.25, -0.2) is 5.84 Å². The number of fused-ring (bicyclic) bond motifs is 1. The van der Waals surface area contributed by atoms with Gasteiger partial charge in [0.2, 0.25) is 0 Å². The number of benzene rings is 1. The van der Waals surface area contributed by atoms with Gasteiger partial charge in [-0.3, -0.25) is 4.79 Å². The monoisotopic (exact) mass is 287 g/mol. The fourth-order valence-corrected chi connectivity index (χ4v) is 2.29. The predicted molar refractivity (Wildman–Crippen MR) is 70.0 cm³/mol. The van der Waals surface area contributed by atoms with Crippen LogP contribution in [0.1, 0.15) is 6.42 Å². The van der Waals surface area contributed by atoms with Crippen LogP contribution < -0.4 is 11.4 Å². The van der Waals surface area contributed by atoms with Crippen molar-refractivity contribution in [3.8, 4) is 0 Å². The Kier molecular flexibility index (Phi) is 4.08. The maximum Gasteiger partial charge on any atom is 0.328 e. The molecule has 0 aliphatic carbocycles. The highest BCUT2D eigenvalue weighted by Crippen LogP contribution is 2.28. The zero-order valence-electron chi connectivity index (χ0n) is 9.32. The maximum absolute atomic E-state index is 11.2. The Hall–Kier alpha value is -1.27. The molecule has 0 aliphatic heterocycles. The molecule has 0 saturated carbocycles. The van der Waals surface area contributed by atoms with Crippen molar-refractivity contribution in [2.24, 2.45) is 5.84 Å². The van der Waals surface area contributed by atoms with Gasteiger partial charge in [0.15, 0.2) is 0 Å². The van der Waals surface area contributed by atoms with E-state index >= 15 is 0 Å². The van der Waals surface area contributed by atoms with Crippen molar-refractivity contribution in [1.82, 2.24) is 10.2 Å². The lowest BCUT2D eigenvalue weighted by molar-refractivity contribution is -0.151. The summed E-state index contributed by atoms with van der Waals surface area (Å²) in [5.74, 6) is 4.44. The second kappa shape index (κ2) is 5.58. The van der Waals surface area contributed by atoms with Crippen LogP contribution in [0, 0.1) is 0 Å². The van der Waals surface area contributed by atoms with E-state index < -0.39 is 5.97 Å². The Morgan fingerprint density at radius 3 is 2.94 bits per heavy atom. The van der Waals surface area contributed by atoms with Crippen LogP contribution in [-0.4, -0.2) is 10.5 Å². The van der Waals surface area contributed by atoms with Crippen molar-refractivity contribution < 1.29 is 9.63 Å². The Bertz CT molecular complexity index is 583. The molecule has 5 nitrogen and oxygen atoms in total. The summed E-state index contributed by atoms with van der Waals surface area (Å²) < 4.78 is 1.88. The van der Waals surface area contributed by atoms with Crippen LogP contribution in [-0.2, 0) is 16.2 Å². The Balaban J connectivity index is 2.21. The molecule has 96 valence electrons. The van der Waals surface area contributed by atoms with E-state index in [2.05, 4.69) is 4.84 Å². The fraction of sp³-hybridized carbons (Fsp3) is 0.182. The number of rotatable bonds is 4. The first-order valence-electron chi connectivity index (χ1n) is 5.21. The average molecular weight is 288 g/mol. The first-order chi connectivity index (χ1) is 8.61. The number of hydrogen-bond donors (Lipinski definition) is 2. The largest absolute Gasteiger partial charge is 0.356 e. The summed E-state index contributed by atoms with van der Waals surface area (Å²) in [5, 5.41) is 2.03. The van der Waals surface area contributed by atoms with Gasteiger partial charge in [0, 0.05) is 23.2 Å². The first kappa shape index (κ1) is 13.2. The normalized spacial score (nSPS) is 10.8. The van der Waals surface area contributed by atoms with Crippen molar-refractivity contribution in [2.45, 2.75) is 13.0 Å². The van der Waals surface area contributed by atoms with E-state index in [9.17, 15) is 4.79 Å². The van der Waals surface area contributed by atoms with Crippen LogP contribution in [0.3, 0.4) is 0 Å². The third-order valence-corrected chi connectivity index (χ3v) is 3.06. The molecule has 2 rings (SSSR count). The van der Waals surface area contributed by atoms with Crippen molar-refractivity contribution >= 4 is 40.1 Å². The number of halogens is 2. The average Bonchev–Trinajstić information content (AvgIpc) is 2.70. The highest BCUT2D eigenvalue weighted by Gasteiger charge is 2.08. The molecule has 18 heavy (non-hydrogen) atoms. The number of nitrogens with one attached hydrogen (secondary N) is 1. The first-order valence-corrected chi connectivity index (χ1v) is 5.96. The molecule has 0 saturated heterocycles. The summed E-state index contributed by atoms with van der Waals surface area (Å²) in [6.07, 6.45) is 2.04. The third kappa shape index (κ3) is 2.76. The summed E-state index contributed by atoms with van der Waals surface area (Å²) >= 11 is 12.0. The van der Waals surface area contributed by atoms with Gasteiger partial charge in [-0.15, -0.1) is 0 Å². The van der Waals surface area contributed by atoms with E-state index in [0.717, 1.165) is 10.9 Å². The molecule has 0 fully saturated rings. The van der Waals surface area contributed by atoms with Crippen LogP contribution in [0.2, 0.25) is 10.0 Å². The molecular weight excluding hydrogens is 277 g/mol. The minimum atomic E-state index is -0.438. The molecule has 0 spiro atoms. The van der Waals surface area contributed by atoms with Gasteiger partial charge in [0.25, 0.3) is 0 Å². The van der Waals surface area contributed by atoms with Gasteiger partial charge in [-0.1, -0.05) is 28.8 Å². The molecule has 0 unspecified atom stereocenters. The zero-order chi connectivity index (χ0) is 13.1. The number of nitrogens with two attached hydrogens (primary N) is 1. The highest BCUT2D eigenvalue weighted by molar-refractivity contribution is 6.38. The van der Waals surface area contributed by atoms with Gasteiger partial charge < -0.3 is 9.40 Å². The lowest BCUT2D eigenvalue weighted by atomic mass is 10.2. The molecule has 7 heteroatoms. The van der Waals surface area contributed by atoms with Crippen LogP contribution in [0.25, 0.3) is 10.9 Å². The summed E-state index contributed by atoms with van der Waals surface area (Å²) in [6, 6.07) is 5.36. The van der Waals surface area contributed by atoms with Gasteiger partial charge in [-0.05, 0) is 18.2 Å². The van der Waals surface area contributed by atoms with Gasteiger partial charge in [0.05, 0.1) is 17.0 Å². The number of hydrazine groups is 1. The Labute approximate surface area is 113 Å². The van der Waals surface area contributed by atoms with Gasteiger partial charge in [-0.2, -0.15) is 0 Å². The molecule has 0 bridgehead atoms. The van der Waals surface area contributed by atoms with Gasteiger partial charge in [0.1, 0.15) is 0 Å². The number of hydrogen-bond acceptors (Lipinski definition) is 4. The smallest absolute Gasteiger partial charge is 0.328 e. The third-order valence-electron chi connectivity index (χ3n) is 2.53. The second-order valence-corrected chi connectivity index (χ2v) is 4.52. The van der Waals surface area contributed by atoms with E-state index in [1.54, 1.807) is 12.1 Å². The topological polar surface area (TPSA) is 69.3 Å². The summed E-state index contributed by atoms with van der Waals surface area (Å²) in [5.41, 5.74) is 2.73. The molecule has 3 N–H and O–H groups in total. The quantitative estimate of drug-likeness (QED) is 0.669. The molecule has 0 radical (unpaired) electrons. The van der Waals surface area contributed by atoms with Crippen molar-refractivity contribution in [3.63, 3.8) is 0 Å². The minimum Gasteiger partial charge on any atom is -0.356 e. The van der Waals surface area contributed by atoms with Crippen LogP contribution in [0.4, 0.5) is 0 Å². The van der Waals surface area contributed by atoms with E-state index in [1.807, 2.05) is 22.4 Å². The highest BCUT2D eigenvalue weighted by atomic mass is 35.5. The zero-order valence-corrected chi connectivity index (χ0v) is 10.8. The van der Waals surface area contributed by atoms with E-state index in [4.69, 9.17) is 29.0 Å². The van der Waals surface area contributed by atoms with Crippen molar-refractivity contribution in [1.29, 1.82) is 0 Å². The number of carbonyl (C=O) groups is 1.